The first kappa shape index (κ1) is 20.6. The van der Waals surface area contributed by atoms with Crippen LogP contribution < -0.4 is 10.9 Å². The van der Waals surface area contributed by atoms with Crippen LogP contribution in [0.1, 0.15) is 52.6 Å². The molecule has 0 radical (unpaired) electrons. The number of fused-ring (bicyclic) bond motifs is 1. The first-order valence-corrected chi connectivity index (χ1v) is 10.2. The number of benzene rings is 1. The van der Waals surface area contributed by atoms with Crippen LogP contribution in [-0.2, 0) is 4.74 Å². The predicted octanol–water partition coefficient (Wildman–Crippen LogP) is 3.19. The van der Waals surface area contributed by atoms with Crippen LogP contribution in [-0.4, -0.2) is 45.2 Å². The number of aromatic amines is 1. The lowest BCUT2D eigenvalue weighted by atomic mass is 9.98. The zero-order valence-corrected chi connectivity index (χ0v) is 17.8. The van der Waals surface area contributed by atoms with Crippen molar-refractivity contribution in [2.24, 2.45) is 0 Å². The number of aryl methyl sites for hydroxylation is 1. The van der Waals surface area contributed by atoms with E-state index < -0.39 is 6.09 Å². The maximum atomic E-state index is 13.5. The molecule has 2 aromatic heterocycles. The van der Waals surface area contributed by atoms with E-state index in [9.17, 15) is 14.4 Å². The summed E-state index contributed by atoms with van der Waals surface area (Å²) in [5, 5.41) is 5.76. The van der Waals surface area contributed by atoms with Gasteiger partial charge >= 0.3 is 6.09 Å². The summed E-state index contributed by atoms with van der Waals surface area (Å²) in [6.07, 6.45) is 1.97. The van der Waals surface area contributed by atoms with E-state index >= 15 is 0 Å². The molecule has 2 amide bonds. The second-order valence-corrected chi connectivity index (χ2v) is 7.70. The van der Waals surface area contributed by atoms with Crippen LogP contribution in [0, 0.1) is 13.8 Å². The molecule has 2 N–H and O–H groups in total. The van der Waals surface area contributed by atoms with Crippen LogP contribution in [0.25, 0.3) is 5.65 Å². The van der Waals surface area contributed by atoms with E-state index in [1.165, 1.54) is 11.6 Å². The van der Waals surface area contributed by atoms with Crippen LogP contribution in [0.5, 0.6) is 0 Å². The van der Waals surface area contributed by atoms with Crippen LogP contribution in [0.2, 0.25) is 0 Å². The predicted molar refractivity (Wildman–Crippen MR) is 115 cm³/mol. The molecule has 0 spiro atoms. The number of para-hydroxylation sites is 1. The van der Waals surface area contributed by atoms with Crippen molar-refractivity contribution >= 4 is 23.3 Å². The number of methoxy groups -OCH3 is 1. The second kappa shape index (κ2) is 8.25. The molecule has 0 saturated carbocycles. The van der Waals surface area contributed by atoms with Crippen molar-refractivity contribution in [3.8, 4) is 0 Å². The van der Waals surface area contributed by atoms with Gasteiger partial charge in [-0.2, -0.15) is 0 Å². The average molecular weight is 423 g/mol. The van der Waals surface area contributed by atoms with Crippen molar-refractivity contribution in [1.29, 1.82) is 0 Å². The fourth-order valence-corrected chi connectivity index (χ4v) is 4.00. The summed E-state index contributed by atoms with van der Waals surface area (Å²) in [5.41, 5.74) is 3.22. The van der Waals surface area contributed by atoms with E-state index in [0.29, 0.717) is 34.7 Å². The smallest absolute Gasteiger partial charge is 0.411 e. The van der Waals surface area contributed by atoms with Gasteiger partial charge in [0, 0.05) is 23.9 Å². The Bertz CT molecular complexity index is 1210. The summed E-state index contributed by atoms with van der Waals surface area (Å²) in [6.45, 7) is 4.14. The van der Waals surface area contributed by atoms with Crippen LogP contribution >= 0.6 is 0 Å². The van der Waals surface area contributed by atoms with Crippen LogP contribution in [0.15, 0.2) is 35.1 Å². The quantitative estimate of drug-likeness (QED) is 0.673. The molecule has 4 rings (SSSR count). The Morgan fingerprint density at radius 1 is 1.23 bits per heavy atom. The number of piperidine rings is 1. The highest BCUT2D eigenvalue weighted by atomic mass is 16.5. The Labute approximate surface area is 179 Å². The largest absolute Gasteiger partial charge is 0.453 e. The number of rotatable bonds is 3. The van der Waals surface area contributed by atoms with Crippen molar-refractivity contribution < 1.29 is 14.3 Å². The summed E-state index contributed by atoms with van der Waals surface area (Å²) in [7, 11) is 1.27. The molecule has 3 heterocycles. The molecule has 9 heteroatoms. The third kappa shape index (κ3) is 3.78. The number of anilines is 1. The Hall–Kier alpha value is -3.62. The number of carbonyl (C=O) groups excluding carboxylic acids is 2. The summed E-state index contributed by atoms with van der Waals surface area (Å²) in [5.74, 6) is -0.192. The summed E-state index contributed by atoms with van der Waals surface area (Å²) in [6, 6.07) is 8.46. The highest BCUT2D eigenvalue weighted by Crippen LogP contribution is 2.33. The third-order valence-electron chi connectivity index (χ3n) is 5.81. The van der Waals surface area contributed by atoms with E-state index in [-0.39, 0.29) is 17.5 Å². The van der Waals surface area contributed by atoms with Gasteiger partial charge in [0.15, 0.2) is 5.65 Å². The Morgan fingerprint density at radius 3 is 2.77 bits per heavy atom. The molecule has 3 aromatic rings. The molecular formula is C22H25N5O4. The number of carbonyl (C=O) groups is 2. The van der Waals surface area contributed by atoms with Gasteiger partial charge in [-0.1, -0.05) is 12.1 Å². The van der Waals surface area contributed by atoms with E-state index in [4.69, 9.17) is 0 Å². The zero-order valence-electron chi connectivity index (χ0n) is 17.8. The van der Waals surface area contributed by atoms with Gasteiger partial charge in [0.05, 0.1) is 30.1 Å². The molecular weight excluding hydrogens is 398 g/mol. The lowest BCUT2D eigenvalue weighted by Crippen LogP contribution is -2.39. The summed E-state index contributed by atoms with van der Waals surface area (Å²) >= 11 is 0. The molecule has 31 heavy (non-hydrogen) atoms. The minimum Gasteiger partial charge on any atom is -0.453 e. The maximum Gasteiger partial charge on any atom is 0.411 e. The van der Waals surface area contributed by atoms with Crippen molar-refractivity contribution in [2.75, 3.05) is 19.0 Å². The van der Waals surface area contributed by atoms with Crippen LogP contribution in [0.4, 0.5) is 10.5 Å². The molecule has 1 aliphatic heterocycles. The first-order chi connectivity index (χ1) is 14.9. The van der Waals surface area contributed by atoms with Crippen LogP contribution in [0.3, 0.4) is 0 Å². The molecule has 1 aromatic carbocycles. The van der Waals surface area contributed by atoms with Crippen molar-refractivity contribution in [3.05, 3.63) is 63.2 Å². The van der Waals surface area contributed by atoms with Crippen molar-refractivity contribution in [1.82, 2.24) is 19.5 Å². The van der Waals surface area contributed by atoms with E-state index in [1.54, 1.807) is 36.1 Å². The molecule has 162 valence electrons. The van der Waals surface area contributed by atoms with Gasteiger partial charge in [-0.05, 0) is 45.2 Å². The second-order valence-electron chi connectivity index (χ2n) is 7.70. The molecule has 9 nitrogen and oxygen atoms in total. The van der Waals surface area contributed by atoms with Crippen molar-refractivity contribution in [2.45, 2.75) is 39.2 Å². The third-order valence-corrected chi connectivity index (χ3v) is 5.81. The van der Waals surface area contributed by atoms with Gasteiger partial charge in [0.2, 0.25) is 0 Å². The van der Waals surface area contributed by atoms with Gasteiger partial charge in [-0.3, -0.25) is 20.0 Å². The van der Waals surface area contributed by atoms with Gasteiger partial charge < -0.3 is 9.64 Å². The fraction of sp³-hybridized carbons (Fsp3) is 0.364. The highest BCUT2D eigenvalue weighted by molar-refractivity contribution is 6.02. The number of H-pyrrole nitrogens is 1. The highest BCUT2D eigenvalue weighted by Gasteiger charge is 2.31. The Balaban J connectivity index is 1.71. The first-order valence-electron chi connectivity index (χ1n) is 10.2. The molecule has 0 bridgehead atoms. The molecule has 1 atom stereocenters. The SMILES string of the molecule is COC(=O)Nc1ccccc1C(=O)N1CCCCC1c1cc2nc(C)c(C)c(=O)n2[nH]1. The van der Waals surface area contributed by atoms with Gasteiger partial charge in [-0.25, -0.2) is 14.3 Å². The van der Waals surface area contributed by atoms with Crippen molar-refractivity contribution in [3.63, 3.8) is 0 Å². The Morgan fingerprint density at radius 2 is 2.00 bits per heavy atom. The molecule has 1 fully saturated rings. The topological polar surface area (TPSA) is 109 Å². The van der Waals surface area contributed by atoms with Gasteiger partial charge in [0.25, 0.3) is 11.5 Å². The number of ether oxygens (including phenoxy) is 1. The lowest BCUT2D eigenvalue weighted by Gasteiger charge is -2.35. The summed E-state index contributed by atoms with van der Waals surface area (Å²) < 4.78 is 6.10. The lowest BCUT2D eigenvalue weighted by molar-refractivity contribution is 0.0606. The molecule has 1 aliphatic rings. The number of aromatic nitrogens is 3. The van der Waals surface area contributed by atoms with E-state index in [0.717, 1.165) is 25.0 Å². The molecule has 1 unspecified atom stereocenters. The minimum atomic E-state index is -0.637. The number of amides is 2. The monoisotopic (exact) mass is 423 g/mol. The standard InChI is InChI=1S/C22H25N5O4/c1-13-14(2)23-19-12-17(25-27(19)20(13)28)18-10-6-7-11-26(18)21(29)15-8-4-5-9-16(15)24-22(30)31-3/h4-5,8-9,12,18,25H,6-7,10-11H2,1-3H3,(H,24,30). The van der Waals surface area contributed by atoms with Gasteiger partial charge in [0.1, 0.15) is 0 Å². The van der Waals surface area contributed by atoms with E-state index in [2.05, 4.69) is 20.1 Å². The fourth-order valence-electron chi connectivity index (χ4n) is 4.00. The average Bonchev–Trinajstić information content (AvgIpc) is 3.21. The number of likely N-dealkylation sites (tertiary alicyclic amines) is 1. The summed E-state index contributed by atoms with van der Waals surface area (Å²) in [4.78, 5) is 44.1. The van der Waals surface area contributed by atoms with E-state index in [1.807, 2.05) is 13.0 Å². The zero-order chi connectivity index (χ0) is 22.1. The normalized spacial score (nSPS) is 16.4. The molecule has 1 saturated heterocycles. The Kier molecular flexibility index (Phi) is 5.50. The number of hydrogen-bond acceptors (Lipinski definition) is 5. The molecule has 0 aliphatic carbocycles. The van der Waals surface area contributed by atoms with Gasteiger partial charge in [-0.15, -0.1) is 0 Å². The number of nitrogens with one attached hydrogen (secondary N) is 2. The number of nitrogens with zero attached hydrogens (tertiary/aromatic N) is 3. The number of hydrogen-bond donors (Lipinski definition) is 2. The maximum absolute atomic E-state index is 13.5. The minimum absolute atomic E-state index is 0.143.